The van der Waals surface area contributed by atoms with Crippen molar-refractivity contribution in [2.75, 3.05) is 31.9 Å². The van der Waals surface area contributed by atoms with E-state index < -0.39 is 0 Å². The molecule has 0 bridgehead atoms. The van der Waals surface area contributed by atoms with Crippen LogP contribution in [0.2, 0.25) is 0 Å². The average molecular weight is 503 g/mol. The Labute approximate surface area is 210 Å². The lowest BCUT2D eigenvalue weighted by molar-refractivity contribution is -0.133. The van der Waals surface area contributed by atoms with E-state index in [4.69, 9.17) is 4.98 Å². The van der Waals surface area contributed by atoms with Gasteiger partial charge in [0.2, 0.25) is 11.8 Å². The molecule has 184 valence electrons. The molecule has 34 heavy (non-hydrogen) atoms. The van der Waals surface area contributed by atoms with Crippen molar-refractivity contribution in [1.82, 2.24) is 20.5 Å². The molecular weight excluding hydrogens is 468 g/mol. The van der Waals surface area contributed by atoms with Gasteiger partial charge in [0.1, 0.15) is 0 Å². The molecule has 2 N–H and O–H groups in total. The van der Waals surface area contributed by atoms with E-state index in [0.29, 0.717) is 36.2 Å². The summed E-state index contributed by atoms with van der Waals surface area (Å²) in [4.78, 5) is 45.1. The Bertz CT molecular complexity index is 971. The molecule has 0 aromatic carbocycles. The molecule has 0 atom stereocenters. The standard InChI is InChI=1S/C25H34N4O3S2/c1-17(2)34-16-22(30)27-15-23(31)29-12-9-19(10-13-29)24-21(7-6-18(3)28-24)25(32)26-11-8-20-5-4-14-33-20/h4-7,14,17,19H,8-13,15-16H2,1-3H3,(H,26,32)(H,27,30). The van der Waals surface area contributed by atoms with Crippen LogP contribution in [0.25, 0.3) is 0 Å². The predicted molar refractivity (Wildman–Crippen MR) is 138 cm³/mol. The van der Waals surface area contributed by atoms with Gasteiger partial charge in [-0.25, -0.2) is 0 Å². The minimum absolute atomic E-state index is 0.0305. The highest BCUT2D eigenvalue weighted by Gasteiger charge is 2.28. The molecule has 0 spiro atoms. The van der Waals surface area contributed by atoms with E-state index in [1.54, 1.807) is 28.0 Å². The Hall–Kier alpha value is -2.39. The highest BCUT2D eigenvalue weighted by atomic mass is 32.2. The van der Waals surface area contributed by atoms with Crippen LogP contribution in [0.5, 0.6) is 0 Å². The molecule has 3 heterocycles. The van der Waals surface area contributed by atoms with Crippen molar-refractivity contribution in [2.45, 2.75) is 51.2 Å². The number of likely N-dealkylation sites (tertiary alicyclic amines) is 1. The van der Waals surface area contributed by atoms with Crippen molar-refractivity contribution < 1.29 is 14.4 Å². The fourth-order valence-electron chi connectivity index (χ4n) is 3.91. The third kappa shape index (κ3) is 7.84. The van der Waals surface area contributed by atoms with Crippen LogP contribution in [-0.4, -0.2) is 64.8 Å². The van der Waals surface area contributed by atoms with Crippen molar-refractivity contribution in [3.63, 3.8) is 0 Å². The first kappa shape index (κ1) is 26.2. The summed E-state index contributed by atoms with van der Waals surface area (Å²) < 4.78 is 0. The molecule has 1 saturated heterocycles. The average Bonchev–Trinajstić information content (AvgIpc) is 3.34. The molecule has 3 rings (SSSR count). The van der Waals surface area contributed by atoms with Gasteiger partial charge in [0, 0.05) is 36.1 Å². The van der Waals surface area contributed by atoms with Crippen LogP contribution in [0.15, 0.2) is 29.6 Å². The molecule has 0 radical (unpaired) electrons. The predicted octanol–water partition coefficient (Wildman–Crippen LogP) is 3.39. The third-order valence-corrected chi connectivity index (χ3v) is 7.80. The molecular formula is C25H34N4O3S2. The van der Waals surface area contributed by atoms with Gasteiger partial charge in [-0.15, -0.1) is 23.1 Å². The smallest absolute Gasteiger partial charge is 0.253 e. The number of hydrogen-bond donors (Lipinski definition) is 2. The third-order valence-electron chi connectivity index (χ3n) is 5.76. The lowest BCUT2D eigenvalue weighted by Gasteiger charge is -2.32. The Kier molecular flexibility index (Phi) is 9.95. The summed E-state index contributed by atoms with van der Waals surface area (Å²) in [5.41, 5.74) is 2.32. The largest absolute Gasteiger partial charge is 0.352 e. The second kappa shape index (κ2) is 12.9. The van der Waals surface area contributed by atoms with Crippen molar-refractivity contribution in [3.8, 4) is 0 Å². The fraction of sp³-hybridized carbons (Fsp3) is 0.520. The summed E-state index contributed by atoms with van der Waals surface area (Å²) in [6, 6.07) is 7.82. The van der Waals surface area contributed by atoms with Gasteiger partial charge in [-0.1, -0.05) is 19.9 Å². The molecule has 3 amide bonds. The maximum atomic E-state index is 12.9. The number of pyridine rings is 1. The summed E-state index contributed by atoms with van der Waals surface area (Å²) in [6.07, 6.45) is 2.30. The first-order chi connectivity index (χ1) is 16.3. The van der Waals surface area contributed by atoms with Gasteiger partial charge in [0.25, 0.3) is 5.91 Å². The molecule has 0 aliphatic carbocycles. The lowest BCUT2D eigenvalue weighted by Crippen LogP contribution is -2.44. The highest BCUT2D eigenvalue weighted by molar-refractivity contribution is 8.00. The zero-order valence-electron chi connectivity index (χ0n) is 20.1. The fourth-order valence-corrected chi connectivity index (χ4v) is 5.21. The van der Waals surface area contributed by atoms with Crippen LogP contribution in [0.1, 0.15) is 59.2 Å². The molecule has 1 aliphatic rings. The number of hydrogen-bond acceptors (Lipinski definition) is 6. The summed E-state index contributed by atoms with van der Waals surface area (Å²) in [5, 5.41) is 8.17. The molecule has 2 aromatic heterocycles. The summed E-state index contributed by atoms with van der Waals surface area (Å²) in [7, 11) is 0. The van der Waals surface area contributed by atoms with Gasteiger partial charge < -0.3 is 15.5 Å². The number of aromatic nitrogens is 1. The van der Waals surface area contributed by atoms with E-state index in [2.05, 4.69) is 16.7 Å². The van der Waals surface area contributed by atoms with E-state index >= 15 is 0 Å². The number of carbonyl (C=O) groups excluding carboxylic acids is 3. The second-order valence-electron chi connectivity index (χ2n) is 8.76. The van der Waals surface area contributed by atoms with Crippen molar-refractivity contribution in [3.05, 3.63) is 51.5 Å². The number of thioether (sulfide) groups is 1. The van der Waals surface area contributed by atoms with Crippen molar-refractivity contribution in [2.24, 2.45) is 0 Å². The second-order valence-corrected chi connectivity index (χ2v) is 11.4. The highest BCUT2D eigenvalue weighted by Crippen LogP contribution is 2.29. The molecule has 0 saturated carbocycles. The first-order valence-electron chi connectivity index (χ1n) is 11.8. The van der Waals surface area contributed by atoms with Crippen LogP contribution in [0.3, 0.4) is 0 Å². The molecule has 1 fully saturated rings. The number of thiophene rings is 1. The van der Waals surface area contributed by atoms with E-state index in [9.17, 15) is 14.4 Å². The van der Waals surface area contributed by atoms with Gasteiger partial charge in [-0.3, -0.25) is 19.4 Å². The molecule has 2 aromatic rings. The van der Waals surface area contributed by atoms with Gasteiger partial charge in [-0.05, 0) is 55.0 Å². The number of carbonyl (C=O) groups is 3. The maximum Gasteiger partial charge on any atom is 0.253 e. The van der Waals surface area contributed by atoms with Crippen LogP contribution in [0, 0.1) is 6.92 Å². The molecule has 7 nitrogen and oxygen atoms in total. The van der Waals surface area contributed by atoms with Crippen LogP contribution in [0.4, 0.5) is 0 Å². The van der Waals surface area contributed by atoms with Crippen LogP contribution < -0.4 is 10.6 Å². The van der Waals surface area contributed by atoms with Crippen molar-refractivity contribution >= 4 is 40.8 Å². The number of nitrogens with one attached hydrogen (secondary N) is 2. The number of nitrogens with zero attached hydrogens (tertiary/aromatic N) is 2. The summed E-state index contributed by atoms with van der Waals surface area (Å²) in [5.74, 6) is 0.216. The molecule has 1 aliphatic heterocycles. The first-order valence-corrected chi connectivity index (χ1v) is 13.7. The Balaban J connectivity index is 1.52. The maximum absolute atomic E-state index is 12.9. The zero-order valence-corrected chi connectivity index (χ0v) is 21.8. The SMILES string of the molecule is Cc1ccc(C(=O)NCCc2cccs2)c(C2CCN(C(=O)CNC(=O)CSC(C)C)CC2)n1. The Morgan fingerprint density at radius 2 is 1.94 bits per heavy atom. The van der Waals surface area contributed by atoms with Crippen molar-refractivity contribution in [1.29, 1.82) is 0 Å². The van der Waals surface area contributed by atoms with Crippen LogP contribution in [-0.2, 0) is 16.0 Å². The normalized spacial score (nSPS) is 14.3. The number of rotatable bonds is 10. The lowest BCUT2D eigenvalue weighted by atomic mass is 9.89. The van der Waals surface area contributed by atoms with E-state index in [-0.39, 0.29) is 30.2 Å². The molecule has 0 unspecified atom stereocenters. The zero-order chi connectivity index (χ0) is 24.5. The van der Waals surface area contributed by atoms with Gasteiger partial charge in [0.05, 0.1) is 23.6 Å². The minimum atomic E-state index is -0.111. The van der Waals surface area contributed by atoms with Gasteiger partial charge in [0.15, 0.2) is 0 Å². The number of piperidine rings is 1. The topological polar surface area (TPSA) is 91.4 Å². The summed E-state index contributed by atoms with van der Waals surface area (Å²) in [6.45, 7) is 7.81. The van der Waals surface area contributed by atoms with Crippen LogP contribution >= 0.6 is 23.1 Å². The van der Waals surface area contributed by atoms with E-state index in [1.807, 2.05) is 44.4 Å². The Morgan fingerprint density at radius 3 is 2.62 bits per heavy atom. The quantitative estimate of drug-likeness (QED) is 0.520. The Morgan fingerprint density at radius 1 is 1.18 bits per heavy atom. The van der Waals surface area contributed by atoms with E-state index in [1.165, 1.54) is 4.88 Å². The number of amides is 3. The van der Waals surface area contributed by atoms with Gasteiger partial charge in [-0.2, -0.15) is 0 Å². The van der Waals surface area contributed by atoms with Gasteiger partial charge >= 0.3 is 0 Å². The summed E-state index contributed by atoms with van der Waals surface area (Å²) >= 11 is 3.25. The molecule has 9 heteroatoms. The van der Waals surface area contributed by atoms with E-state index in [0.717, 1.165) is 30.7 Å². The monoisotopic (exact) mass is 502 g/mol. The minimum Gasteiger partial charge on any atom is -0.352 e. The number of aryl methyl sites for hydroxylation is 1.